The van der Waals surface area contributed by atoms with Gasteiger partial charge in [0, 0.05) is 17.6 Å². The van der Waals surface area contributed by atoms with E-state index in [9.17, 15) is 4.79 Å². The average Bonchev–Trinajstić information content (AvgIpc) is 3.55. The van der Waals surface area contributed by atoms with E-state index in [2.05, 4.69) is 32.8 Å². The average molecular weight is 493 g/mol. The van der Waals surface area contributed by atoms with Gasteiger partial charge in [-0.1, -0.05) is 19.8 Å². The highest BCUT2D eigenvalue weighted by atomic mass is 16.5. The lowest BCUT2D eigenvalue weighted by Crippen LogP contribution is -2.63. The second kappa shape index (κ2) is 10.3. The Bertz CT molecular complexity index is 1120. The number of methoxy groups -OCH3 is 1. The summed E-state index contributed by atoms with van der Waals surface area (Å²) in [6.45, 7) is 2.19. The van der Waals surface area contributed by atoms with Gasteiger partial charge in [-0.3, -0.25) is 15.5 Å². The molecule has 1 aromatic carbocycles. The summed E-state index contributed by atoms with van der Waals surface area (Å²) in [4.78, 5) is 26.4. The first-order chi connectivity index (χ1) is 17.6. The van der Waals surface area contributed by atoms with Crippen molar-refractivity contribution in [1.82, 2.24) is 20.6 Å². The number of carbonyl (C=O) groups excluding carboxylic acids is 1. The fraction of sp³-hybridized carbons (Fsp3) is 0.538. The minimum atomic E-state index is -0.0870. The Kier molecular flexibility index (Phi) is 6.95. The molecule has 2 fully saturated rings. The number of likely N-dealkylation sites (N-methyl/N-ethyl adjacent to an activating group) is 1. The third-order valence-corrected chi connectivity index (χ3v) is 7.49. The van der Waals surface area contributed by atoms with Crippen LogP contribution in [0.3, 0.4) is 0 Å². The van der Waals surface area contributed by atoms with Gasteiger partial charge in [-0.05, 0) is 57.4 Å². The molecule has 2 aromatic rings. The number of ether oxygens (including phenoxy) is 1. The first-order valence-electron chi connectivity index (χ1n) is 12.9. The van der Waals surface area contributed by atoms with Crippen LogP contribution in [-0.2, 0) is 0 Å². The molecule has 3 aliphatic rings. The molecular weight excluding hydrogens is 456 g/mol. The van der Waals surface area contributed by atoms with Gasteiger partial charge in [-0.15, -0.1) is 0 Å². The summed E-state index contributed by atoms with van der Waals surface area (Å²) in [5, 5.41) is 17.8. The van der Waals surface area contributed by atoms with Gasteiger partial charge >= 0.3 is 0 Å². The largest absolute Gasteiger partial charge is 0.495 e. The fourth-order valence-corrected chi connectivity index (χ4v) is 5.52. The summed E-state index contributed by atoms with van der Waals surface area (Å²) in [5.41, 5.74) is 2.08. The molecule has 10 nitrogen and oxygen atoms in total. The molecule has 192 valence electrons. The van der Waals surface area contributed by atoms with Crippen LogP contribution in [0, 0.1) is 5.41 Å². The first-order valence-corrected chi connectivity index (χ1v) is 12.9. The van der Waals surface area contributed by atoms with Crippen molar-refractivity contribution in [3.8, 4) is 5.75 Å². The van der Waals surface area contributed by atoms with Gasteiger partial charge in [-0.2, -0.15) is 4.98 Å². The fourth-order valence-electron chi connectivity index (χ4n) is 5.52. The maximum atomic E-state index is 12.5. The minimum Gasteiger partial charge on any atom is -0.495 e. The molecule has 2 aliphatic carbocycles. The molecule has 4 N–H and O–H groups in total. The van der Waals surface area contributed by atoms with Gasteiger partial charge in [-0.25, -0.2) is 4.98 Å². The number of rotatable bonds is 9. The number of fused-ring (bicyclic) bond motifs is 1. The van der Waals surface area contributed by atoms with E-state index < -0.39 is 0 Å². The topological polar surface area (TPSA) is 119 Å². The zero-order valence-corrected chi connectivity index (χ0v) is 21.3. The van der Waals surface area contributed by atoms with E-state index in [1.807, 2.05) is 18.0 Å². The second-order valence-corrected chi connectivity index (χ2v) is 9.78. The van der Waals surface area contributed by atoms with Crippen molar-refractivity contribution in [2.24, 2.45) is 0 Å². The van der Waals surface area contributed by atoms with Crippen LogP contribution in [0.5, 0.6) is 5.75 Å². The number of anilines is 4. The van der Waals surface area contributed by atoms with E-state index in [0.717, 1.165) is 43.6 Å². The molecule has 1 aliphatic heterocycles. The van der Waals surface area contributed by atoms with Crippen molar-refractivity contribution in [3.63, 3.8) is 0 Å². The van der Waals surface area contributed by atoms with Crippen LogP contribution >= 0.6 is 0 Å². The molecule has 2 saturated carbocycles. The maximum Gasteiger partial charge on any atom is 0.251 e. The van der Waals surface area contributed by atoms with Gasteiger partial charge in [0.2, 0.25) is 5.95 Å². The van der Waals surface area contributed by atoms with E-state index >= 15 is 0 Å². The molecule has 5 rings (SSSR count). The van der Waals surface area contributed by atoms with E-state index in [-0.39, 0.29) is 18.1 Å². The van der Waals surface area contributed by atoms with Gasteiger partial charge in [0.15, 0.2) is 5.82 Å². The highest BCUT2D eigenvalue weighted by Gasteiger charge is 2.42. The molecule has 36 heavy (non-hydrogen) atoms. The van der Waals surface area contributed by atoms with Crippen LogP contribution in [0.4, 0.5) is 23.1 Å². The minimum absolute atomic E-state index is 0.0302. The molecule has 2 atom stereocenters. The molecule has 0 spiro atoms. The number of carbonyl (C=O) groups is 1. The monoisotopic (exact) mass is 492 g/mol. The van der Waals surface area contributed by atoms with Gasteiger partial charge in [0.1, 0.15) is 17.6 Å². The number of nitrogens with zero attached hydrogens (tertiary/aromatic N) is 4. The van der Waals surface area contributed by atoms with Crippen molar-refractivity contribution >= 4 is 35.4 Å². The smallest absolute Gasteiger partial charge is 0.251 e. The second-order valence-electron chi connectivity index (χ2n) is 9.78. The number of amides is 1. The molecule has 0 bridgehead atoms. The summed E-state index contributed by atoms with van der Waals surface area (Å²) in [7, 11) is 3.53. The summed E-state index contributed by atoms with van der Waals surface area (Å²) in [5.74, 6) is 1.76. The SMILES string of the molecule is CCC1C(NC)N(C=N)c2cnc(Nc3ccc(C(=O)NC4CC4)cc3OC)nc2N1C1CCCC1. The zero-order chi connectivity index (χ0) is 25.2. The van der Waals surface area contributed by atoms with Crippen molar-refractivity contribution in [3.05, 3.63) is 30.0 Å². The lowest BCUT2D eigenvalue weighted by Gasteiger charge is -2.49. The van der Waals surface area contributed by atoms with Crippen LogP contribution in [0.1, 0.15) is 62.2 Å². The van der Waals surface area contributed by atoms with Gasteiger partial charge in [0.25, 0.3) is 5.91 Å². The van der Waals surface area contributed by atoms with Gasteiger partial charge in [0.05, 0.1) is 31.4 Å². The first kappa shape index (κ1) is 24.3. The summed E-state index contributed by atoms with van der Waals surface area (Å²) in [6.07, 6.45) is 10.9. The highest BCUT2D eigenvalue weighted by Crippen LogP contribution is 2.41. The van der Waals surface area contributed by atoms with Gasteiger partial charge < -0.3 is 25.2 Å². The Morgan fingerprint density at radius 2 is 2.03 bits per heavy atom. The molecule has 10 heteroatoms. The molecule has 0 radical (unpaired) electrons. The van der Waals surface area contributed by atoms with E-state index in [1.54, 1.807) is 25.4 Å². The number of aromatic nitrogens is 2. The number of benzene rings is 1. The normalized spacial score (nSPS) is 21.8. The Hall–Kier alpha value is -3.40. The van der Waals surface area contributed by atoms with Crippen LogP contribution in [-0.4, -0.2) is 60.7 Å². The highest BCUT2D eigenvalue weighted by molar-refractivity contribution is 5.95. The predicted octanol–water partition coefficient (Wildman–Crippen LogP) is 3.62. The van der Waals surface area contributed by atoms with Crippen LogP contribution in [0.15, 0.2) is 24.4 Å². The third-order valence-electron chi connectivity index (χ3n) is 7.49. The zero-order valence-electron chi connectivity index (χ0n) is 21.3. The Labute approximate surface area is 212 Å². The van der Waals surface area contributed by atoms with E-state index in [1.165, 1.54) is 19.2 Å². The standard InChI is InChI=1S/C26H36N8O2/c1-4-20-23(28-2)33(15-27)21-14-29-26(32-24(21)34(20)18-7-5-6-8-18)31-19-12-9-16(13-22(19)36-3)25(35)30-17-10-11-17/h9,12-15,17-18,20,23,27-28H,4-8,10-11H2,1-3H3,(H,30,35)(H,29,31,32). The summed E-state index contributed by atoms with van der Waals surface area (Å²) < 4.78 is 5.59. The van der Waals surface area contributed by atoms with Crippen molar-refractivity contribution in [2.75, 3.05) is 29.3 Å². The van der Waals surface area contributed by atoms with E-state index in [0.29, 0.717) is 35.0 Å². The predicted molar refractivity (Wildman–Crippen MR) is 142 cm³/mol. The lowest BCUT2D eigenvalue weighted by atomic mass is 10.0. The van der Waals surface area contributed by atoms with Crippen LogP contribution in [0.2, 0.25) is 0 Å². The molecule has 2 heterocycles. The van der Waals surface area contributed by atoms with Crippen molar-refractivity contribution in [1.29, 1.82) is 5.41 Å². The quantitative estimate of drug-likeness (QED) is 0.310. The molecule has 0 saturated heterocycles. The number of nitrogens with one attached hydrogen (secondary N) is 4. The summed E-state index contributed by atoms with van der Waals surface area (Å²) in [6, 6.07) is 6.24. The van der Waals surface area contributed by atoms with Crippen LogP contribution < -0.4 is 30.5 Å². The molecule has 2 unspecified atom stereocenters. The Morgan fingerprint density at radius 1 is 1.25 bits per heavy atom. The number of hydrogen-bond acceptors (Lipinski definition) is 8. The molecule has 1 amide bonds. The third kappa shape index (κ3) is 4.57. The number of hydrogen-bond donors (Lipinski definition) is 4. The Morgan fingerprint density at radius 3 is 2.67 bits per heavy atom. The molecule has 1 aromatic heterocycles. The molecular formula is C26H36N8O2. The van der Waals surface area contributed by atoms with Crippen molar-refractivity contribution < 1.29 is 9.53 Å². The Balaban J connectivity index is 1.47. The maximum absolute atomic E-state index is 12.5. The lowest BCUT2D eigenvalue weighted by molar-refractivity contribution is 0.0950. The van der Waals surface area contributed by atoms with Crippen molar-refractivity contribution in [2.45, 2.75) is 76.2 Å². The summed E-state index contributed by atoms with van der Waals surface area (Å²) >= 11 is 0. The van der Waals surface area contributed by atoms with Crippen LogP contribution in [0.25, 0.3) is 0 Å². The van der Waals surface area contributed by atoms with E-state index in [4.69, 9.17) is 15.1 Å².